The number of nitrogens with zero attached hydrogens (tertiary/aromatic N) is 2. The number of hydrogen-bond donors (Lipinski definition) is 0. The summed E-state index contributed by atoms with van der Waals surface area (Å²) in [5.74, 6) is 0.677. The molecule has 13 heavy (non-hydrogen) atoms. The van der Waals surface area contributed by atoms with Crippen LogP contribution >= 0.6 is 11.6 Å². The Morgan fingerprint density at radius 3 is 2.54 bits per heavy atom. The van der Waals surface area contributed by atoms with Gasteiger partial charge in [0.1, 0.15) is 0 Å². The van der Waals surface area contributed by atoms with Crippen molar-refractivity contribution in [2.45, 2.75) is 45.6 Å². The standard InChI is InChI=1S/C10H15ClN2/c1-6(2)13-10(8-4-5-8)9(11)7(3)12-13/h6,8H,4-5H2,1-3H3. The van der Waals surface area contributed by atoms with E-state index in [0.29, 0.717) is 12.0 Å². The van der Waals surface area contributed by atoms with Gasteiger partial charge in [-0.05, 0) is 33.6 Å². The molecule has 0 unspecified atom stereocenters. The normalized spacial score (nSPS) is 17.0. The number of aryl methyl sites for hydroxylation is 1. The Labute approximate surface area is 83.9 Å². The van der Waals surface area contributed by atoms with Crippen LogP contribution in [0.25, 0.3) is 0 Å². The highest BCUT2D eigenvalue weighted by Crippen LogP contribution is 2.44. The molecule has 3 heteroatoms. The predicted molar refractivity (Wildman–Crippen MR) is 54.3 cm³/mol. The van der Waals surface area contributed by atoms with Crippen LogP contribution in [0, 0.1) is 6.92 Å². The van der Waals surface area contributed by atoms with Gasteiger partial charge in [-0.25, -0.2) is 0 Å². The lowest BCUT2D eigenvalue weighted by Crippen LogP contribution is -2.06. The molecule has 2 nitrogen and oxygen atoms in total. The predicted octanol–water partition coefficient (Wildman–Crippen LogP) is 3.30. The smallest absolute Gasteiger partial charge is 0.0850 e. The van der Waals surface area contributed by atoms with Crippen molar-refractivity contribution in [2.24, 2.45) is 0 Å². The lowest BCUT2D eigenvalue weighted by molar-refractivity contribution is 0.507. The number of hydrogen-bond acceptors (Lipinski definition) is 1. The van der Waals surface area contributed by atoms with E-state index in [1.54, 1.807) is 0 Å². The molecule has 1 saturated carbocycles. The Hall–Kier alpha value is -0.500. The molecule has 0 bridgehead atoms. The number of halogens is 1. The Balaban J connectivity index is 2.48. The highest BCUT2D eigenvalue weighted by atomic mass is 35.5. The molecule has 1 fully saturated rings. The van der Waals surface area contributed by atoms with Crippen LogP contribution in [0.1, 0.15) is 50.0 Å². The third kappa shape index (κ3) is 1.48. The highest BCUT2D eigenvalue weighted by molar-refractivity contribution is 6.32. The minimum absolute atomic E-state index is 0.418. The molecule has 1 aliphatic carbocycles. The Morgan fingerprint density at radius 1 is 1.46 bits per heavy atom. The summed E-state index contributed by atoms with van der Waals surface area (Å²) in [6.07, 6.45) is 2.55. The fourth-order valence-corrected chi connectivity index (χ4v) is 1.94. The molecule has 0 aliphatic heterocycles. The zero-order valence-corrected chi connectivity index (χ0v) is 9.10. The minimum atomic E-state index is 0.418. The van der Waals surface area contributed by atoms with Gasteiger partial charge in [0.05, 0.1) is 16.4 Å². The fourth-order valence-electron chi connectivity index (χ4n) is 1.66. The number of aromatic nitrogens is 2. The Kier molecular flexibility index (Phi) is 2.11. The van der Waals surface area contributed by atoms with Crippen molar-refractivity contribution < 1.29 is 0 Å². The molecule has 1 aromatic heterocycles. The second-order valence-electron chi connectivity index (χ2n) is 4.10. The van der Waals surface area contributed by atoms with E-state index in [0.717, 1.165) is 10.7 Å². The molecule has 1 aliphatic rings. The lowest BCUT2D eigenvalue weighted by atomic mass is 10.2. The topological polar surface area (TPSA) is 17.8 Å². The van der Waals surface area contributed by atoms with E-state index < -0.39 is 0 Å². The average molecular weight is 199 g/mol. The van der Waals surface area contributed by atoms with Crippen LogP contribution in [-0.4, -0.2) is 9.78 Å². The number of rotatable bonds is 2. The second kappa shape index (κ2) is 3.02. The first-order chi connectivity index (χ1) is 6.11. The van der Waals surface area contributed by atoms with Crippen molar-refractivity contribution in [1.82, 2.24) is 9.78 Å². The van der Waals surface area contributed by atoms with Crippen molar-refractivity contribution >= 4 is 11.6 Å². The summed E-state index contributed by atoms with van der Waals surface area (Å²) >= 11 is 6.21. The van der Waals surface area contributed by atoms with Crippen LogP contribution in [0.3, 0.4) is 0 Å². The van der Waals surface area contributed by atoms with E-state index in [9.17, 15) is 0 Å². The molecule has 1 aromatic rings. The SMILES string of the molecule is Cc1nn(C(C)C)c(C2CC2)c1Cl. The second-order valence-corrected chi connectivity index (χ2v) is 4.48. The van der Waals surface area contributed by atoms with E-state index in [-0.39, 0.29) is 0 Å². The molecule has 1 heterocycles. The van der Waals surface area contributed by atoms with Gasteiger partial charge in [0.15, 0.2) is 0 Å². The van der Waals surface area contributed by atoms with Crippen LogP contribution in [0.5, 0.6) is 0 Å². The lowest BCUT2D eigenvalue weighted by Gasteiger charge is -2.09. The minimum Gasteiger partial charge on any atom is -0.265 e. The summed E-state index contributed by atoms with van der Waals surface area (Å²) in [7, 11) is 0. The summed E-state index contributed by atoms with van der Waals surface area (Å²) in [4.78, 5) is 0. The van der Waals surface area contributed by atoms with Crippen molar-refractivity contribution in [3.8, 4) is 0 Å². The zero-order valence-electron chi connectivity index (χ0n) is 8.34. The van der Waals surface area contributed by atoms with Crippen LogP contribution in [0.4, 0.5) is 0 Å². The van der Waals surface area contributed by atoms with Crippen molar-refractivity contribution in [3.63, 3.8) is 0 Å². The maximum atomic E-state index is 6.21. The van der Waals surface area contributed by atoms with Gasteiger partial charge in [0.25, 0.3) is 0 Å². The van der Waals surface area contributed by atoms with Gasteiger partial charge >= 0.3 is 0 Å². The Morgan fingerprint density at radius 2 is 2.08 bits per heavy atom. The van der Waals surface area contributed by atoms with Crippen molar-refractivity contribution in [2.75, 3.05) is 0 Å². The summed E-state index contributed by atoms with van der Waals surface area (Å²) in [5, 5.41) is 5.34. The van der Waals surface area contributed by atoms with Crippen LogP contribution in [-0.2, 0) is 0 Å². The zero-order chi connectivity index (χ0) is 9.59. The molecular weight excluding hydrogens is 184 g/mol. The quantitative estimate of drug-likeness (QED) is 0.713. The summed E-state index contributed by atoms with van der Waals surface area (Å²) < 4.78 is 2.08. The van der Waals surface area contributed by atoms with Gasteiger partial charge < -0.3 is 0 Å². The molecule has 0 saturated heterocycles. The maximum absolute atomic E-state index is 6.21. The van der Waals surface area contributed by atoms with E-state index in [1.807, 2.05) is 6.92 Å². The van der Waals surface area contributed by atoms with E-state index in [4.69, 9.17) is 11.6 Å². The Bertz CT molecular complexity index is 324. The third-order valence-electron chi connectivity index (χ3n) is 2.50. The van der Waals surface area contributed by atoms with Crippen molar-refractivity contribution in [3.05, 3.63) is 16.4 Å². The van der Waals surface area contributed by atoms with Crippen molar-refractivity contribution in [1.29, 1.82) is 0 Å². The van der Waals surface area contributed by atoms with Crippen LogP contribution < -0.4 is 0 Å². The molecule has 0 aromatic carbocycles. The first-order valence-electron chi connectivity index (χ1n) is 4.85. The van der Waals surface area contributed by atoms with E-state index in [1.165, 1.54) is 18.5 Å². The largest absolute Gasteiger partial charge is 0.265 e. The van der Waals surface area contributed by atoms with Gasteiger partial charge in [-0.15, -0.1) is 0 Å². The molecule has 2 rings (SSSR count). The molecule has 0 amide bonds. The summed E-state index contributed by atoms with van der Waals surface area (Å²) in [6, 6.07) is 0.418. The molecule has 72 valence electrons. The van der Waals surface area contributed by atoms with Gasteiger partial charge in [0, 0.05) is 12.0 Å². The highest BCUT2D eigenvalue weighted by Gasteiger charge is 2.31. The summed E-state index contributed by atoms with van der Waals surface area (Å²) in [6.45, 7) is 6.27. The van der Waals surface area contributed by atoms with Gasteiger partial charge in [-0.2, -0.15) is 5.10 Å². The molecule has 0 spiro atoms. The molecule has 0 radical (unpaired) electrons. The average Bonchev–Trinajstić information content (AvgIpc) is 2.82. The molecular formula is C10H15ClN2. The van der Waals surface area contributed by atoms with E-state index in [2.05, 4.69) is 23.6 Å². The monoisotopic (exact) mass is 198 g/mol. The molecule has 0 N–H and O–H groups in total. The fraction of sp³-hybridized carbons (Fsp3) is 0.700. The third-order valence-corrected chi connectivity index (χ3v) is 2.97. The first-order valence-corrected chi connectivity index (χ1v) is 5.23. The van der Waals surface area contributed by atoms with E-state index >= 15 is 0 Å². The van der Waals surface area contributed by atoms with Gasteiger partial charge in [-0.3, -0.25) is 4.68 Å². The van der Waals surface area contributed by atoms with Gasteiger partial charge in [0.2, 0.25) is 0 Å². The van der Waals surface area contributed by atoms with Gasteiger partial charge in [-0.1, -0.05) is 11.6 Å². The van der Waals surface area contributed by atoms with Crippen LogP contribution in [0.2, 0.25) is 5.02 Å². The maximum Gasteiger partial charge on any atom is 0.0850 e. The van der Waals surface area contributed by atoms with Crippen LogP contribution in [0.15, 0.2) is 0 Å². The molecule has 0 atom stereocenters. The first kappa shape index (κ1) is 9.07. The summed E-state index contributed by atoms with van der Waals surface area (Å²) in [5.41, 5.74) is 2.23.